The molecule has 0 bridgehead atoms. The van der Waals surface area contributed by atoms with Crippen LogP contribution in [0.1, 0.15) is 12.5 Å². The SMILES string of the molecule is CCc1ccc(-n2nc3ccc(N=C(N)CCl)cc3n2)cc1. The van der Waals surface area contributed by atoms with Gasteiger partial charge in [0.25, 0.3) is 0 Å². The first-order chi connectivity index (χ1) is 10.7. The van der Waals surface area contributed by atoms with E-state index in [1.54, 1.807) is 4.80 Å². The molecule has 1 heterocycles. The Bertz CT molecular complexity index is 820. The summed E-state index contributed by atoms with van der Waals surface area (Å²) in [5.74, 6) is 0.581. The molecule has 22 heavy (non-hydrogen) atoms. The number of amidine groups is 1. The number of nitrogens with zero attached hydrogens (tertiary/aromatic N) is 4. The molecule has 3 rings (SSSR count). The van der Waals surface area contributed by atoms with Gasteiger partial charge in [0, 0.05) is 0 Å². The molecule has 0 aliphatic carbocycles. The Morgan fingerprint density at radius 3 is 2.55 bits per heavy atom. The van der Waals surface area contributed by atoms with E-state index >= 15 is 0 Å². The van der Waals surface area contributed by atoms with Gasteiger partial charge in [0.15, 0.2) is 0 Å². The van der Waals surface area contributed by atoms with Crippen molar-refractivity contribution in [1.29, 1.82) is 0 Å². The number of fused-ring (bicyclic) bond motifs is 1. The van der Waals surface area contributed by atoms with Gasteiger partial charge in [-0.3, -0.25) is 0 Å². The lowest BCUT2D eigenvalue weighted by molar-refractivity contribution is 0.765. The Hall–Kier alpha value is -2.40. The van der Waals surface area contributed by atoms with Crippen molar-refractivity contribution < 1.29 is 0 Å². The fourth-order valence-electron chi connectivity index (χ4n) is 2.15. The van der Waals surface area contributed by atoms with E-state index in [0.717, 1.165) is 28.8 Å². The number of halogens is 1. The maximum Gasteiger partial charge on any atom is 0.115 e. The number of alkyl halides is 1. The van der Waals surface area contributed by atoms with E-state index in [-0.39, 0.29) is 5.88 Å². The minimum atomic E-state index is 0.203. The highest BCUT2D eigenvalue weighted by molar-refractivity contribution is 6.28. The lowest BCUT2D eigenvalue weighted by Crippen LogP contribution is -2.12. The monoisotopic (exact) mass is 313 g/mol. The lowest BCUT2D eigenvalue weighted by Gasteiger charge is -2.00. The van der Waals surface area contributed by atoms with Crippen molar-refractivity contribution in [2.75, 3.05) is 5.88 Å². The van der Waals surface area contributed by atoms with Gasteiger partial charge in [-0.1, -0.05) is 19.1 Å². The van der Waals surface area contributed by atoms with Crippen molar-refractivity contribution in [3.63, 3.8) is 0 Å². The van der Waals surface area contributed by atoms with Crippen LogP contribution in [0.3, 0.4) is 0 Å². The number of rotatable bonds is 4. The van der Waals surface area contributed by atoms with Gasteiger partial charge in [-0.2, -0.15) is 4.80 Å². The molecular formula is C16H16ClN5. The maximum absolute atomic E-state index is 5.65. The molecule has 0 fully saturated rings. The van der Waals surface area contributed by atoms with Crippen LogP contribution >= 0.6 is 11.6 Å². The van der Waals surface area contributed by atoms with Crippen LogP contribution in [0.5, 0.6) is 0 Å². The molecule has 0 aliphatic heterocycles. The molecule has 5 nitrogen and oxygen atoms in total. The topological polar surface area (TPSA) is 69.1 Å². The molecule has 3 aromatic rings. The highest BCUT2D eigenvalue weighted by atomic mass is 35.5. The fraction of sp³-hybridized carbons (Fsp3) is 0.188. The quantitative estimate of drug-likeness (QED) is 0.457. The molecule has 2 N–H and O–H groups in total. The Balaban J connectivity index is 1.98. The van der Waals surface area contributed by atoms with Gasteiger partial charge >= 0.3 is 0 Å². The van der Waals surface area contributed by atoms with Crippen LogP contribution in [0.25, 0.3) is 16.7 Å². The average Bonchev–Trinajstić information content (AvgIpc) is 2.98. The third kappa shape index (κ3) is 2.94. The van der Waals surface area contributed by atoms with Gasteiger partial charge in [-0.25, -0.2) is 4.99 Å². The van der Waals surface area contributed by atoms with Crippen molar-refractivity contribution in [2.45, 2.75) is 13.3 Å². The van der Waals surface area contributed by atoms with Crippen LogP contribution in [-0.2, 0) is 6.42 Å². The molecule has 0 radical (unpaired) electrons. The molecule has 0 unspecified atom stereocenters. The standard InChI is InChI=1S/C16H16ClN5/c1-2-11-3-6-13(7-4-11)22-20-14-8-5-12(9-15(14)21-22)19-16(18)10-17/h3-9H,2,10H2,1H3,(H2,18,19). The van der Waals surface area contributed by atoms with E-state index in [1.807, 2.05) is 30.3 Å². The minimum absolute atomic E-state index is 0.203. The van der Waals surface area contributed by atoms with Crippen LogP contribution < -0.4 is 5.73 Å². The smallest absolute Gasteiger partial charge is 0.115 e. The Morgan fingerprint density at radius 1 is 1.14 bits per heavy atom. The number of aryl methyl sites for hydroxylation is 1. The van der Waals surface area contributed by atoms with Gasteiger partial charge in [0.2, 0.25) is 0 Å². The van der Waals surface area contributed by atoms with E-state index in [0.29, 0.717) is 5.84 Å². The molecule has 0 atom stereocenters. The first-order valence-corrected chi connectivity index (χ1v) is 7.58. The first kappa shape index (κ1) is 14.5. The zero-order valence-electron chi connectivity index (χ0n) is 12.2. The third-order valence-corrected chi connectivity index (χ3v) is 3.62. The summed E-state index contributed by atoms with van der Waals surface area (Å²) in [5.41, 5.74) is 10.2. The number of hydrogen-bond acceptors (Lipinski definition) is 3. The molecule has 0 amide bonds. The van der Waals surface area contributed by atoms with Crippen molar-refractivity contribution in [2.24, 2.45) is 10.7 Å². The fourth-order valence-corrected chi connectivity index (χ4v) is 2.21. The van der Waals surface area contributed by atoms with E-state index < -0.39 is 0 Å². The summed E-state index contributed by atoms with van der Waals surface area (Å²) in [7, 11) is 0. The van der Waals surface area contributed by atoms with E-state index in [4.69, 9.17) is 17.3 Å². The van der Waals surface area contributed by atoms with Crippen molar-refractivity contribution in [3.8, 4) is 5.69 Å². The number of hydrogen-bond donors (Lipinski definition) is 1. The second kappa shape index (κ2) is 6.15. The zero-order chi connectivity index (χ0) is 15.5. The number of aliphatic imine (C=N–C) groups is 1. The highest BCUT2D eigenvalue weighted by Gasteiger charge is 2.05. The molecular weight excluding hydrogens is 298 g/mol. The van der Waals surface area contributed by atoms with Crippen LogP contribution in [0.15, 0.2) is 47.5 Å². The summed E-state index contributed by atoms with van der Waals surface area (Å²) in [6.07, 6.45) is 1.01. The largest absolute Gasteiger partial charge is 0.386 e. The van der Waals surface area contributed by atoms with Crippen LogP contribution in [0, 0.1) is 0 Å². The lowest BCUT2D eigenvalue weighted by atomic mass is 10.2. The third-order valence-electron chi connectivity index (χ3n) is 3.35. The molecule has 1 aromatic heterocycles. The Labute approximate surface area is 133 Å². The van der Waals surface area contributed by atoms with Crippen LogP contribution in [-0.4, -0.2) is 26.7 Å². The molecule has 0 spiro atoms. The van der Waals surface area contributed by atoms with Gasteiger partial charge in [0.1, 0.15) is 16.9 Å². The summed E-state index contributed by atoms with van der Waals surface area (Å²) in [6, 6.07) is 13.8. The Kier molecular flexibility index (Phi) is 4.06. The summed E-state index contributed by atoms with van der Waals surface area (Å²) in [4.78, 5) is 5.85. The predicted octanol–water partition coefficient (Wildman–Crippen LogP) is 3.21. The van der Waals surface area contributed by atoms with Gasteiger partial charge in [0.05, 0.1) is 17.3 Å². The number of nitrogens with two attached hydrogens (primary N) is 1. The van der Waals surface area contributed by atoms with E-state index in [2.05, 4.69) is 34.2 Å². The summed E-state index contributed by atoms with van der Waals surface area (Å²) >= 11 is 5.64. The van der Waals surface area contributed by atoms with Gasteiger partial charge in [-0.05, 0) is 42.3 Å². The highest BCUT2D eigenvalue weighted by Crippen LogP contribution is 2.20. The second-order valence-electron chi connectivity index (χ2n) is 4.92. The van der Waals surface area contributed by atoms with Gasteiger partial charge in [-0.15, -0.1) is 21.8 Å². The summed E-state index contributed by atoms with van der Waals surface area (Å²) in [5, 5.41) is 8.97. The molecule has 0 saturated carbocycles. The summed E-state index contributed by atoms with van der Waals surface area (Å²) in [6.45, 7) is 2.13. The van der Waals surface area contributed by atoms with Gasteiger partial charge < -0.3 is 5.73 Å². The Morgan fingerprint density at radius 2 is 1.86 bits per heavy atom. The number of benzene rings is 2. The molecule has 0 aliphatic rings. The minimum Gasteiger partial charge on any atom is -0.386 e. The van der Waals surface area contributed by atoms with Crippen LogP contribution in [0.2, 0.25) is 0 Å². The van der Waals surface area contributed by atoms with Crippen molar-refractivity contribution >= 4 is 34.2 Å². The average molecular weight is 314 g/mol. The number of aromatic nitrogens is 3. The van der Waals surface area contributed by atoms with E-state index in [9.17, 15) is 0 Å². The van der Waals surface area contributed by atoms with Crippen LogP contribution in [0.4, 0.5) is 5.69 Å². The molecule has 6 heteroatoms. The van der Waals surface area contributed by atoms with Crippen molar-refractivity contribution in [3.05, 3.63) is 48.0 Å². The first-order valence-electron chi connectivity index (χ1n) is 7.05. The molecule has 2 aromatic carbocycles. The maximum atomic E-state index is 5.65. The molecule has 0 saturated heterocycles. The second-order valence-corrected chi connectivity index (χ2v) is 5.19. The predicted molar refractivity (Wildman–Crippen MR) is 90.2 cm³/mol. The summed E-state index contributed by atoms with van der Waals surface area (Å²) < 4.78 is 0. The normalized spacial score (nSPS) is 12.0. The van der Waals surface area contributed by atoms with E-state index in [1.165, 1.54) is 5.56 Å². The van der Waals surface area contributed by atoms with Crippen molar-refractivity contribution in [1.82, 2.24) is 15.0 Å². The zero-order valence-corrected chi connectivity index (χ0v) is 13.0. The molecule has 112 valence electrons.